The van der Waals surface area contributed by atoms with Crippen molar-refractivity contribution < 1.29 is 9.18 Å². The van der Waals surface area contributed by atoms with Gasteiger partial charge in [0.25, 0.3) is 0 Å². The molecule has 1 fully saturated rings. The van der Waals surface area contributed by atoms with Crippen molar-refractivity contribution in [1.82, 2.24) is 5.32 Å². The van der Waals surface area contributed by atoms with Crippen LogP contribution in [0.2, 0.25) is 0 Å². The summed E-state index contributed by atoms with van der Waals surface area (Å²) in [6.07, 6.45) is 1.79. The first-order valence-electron chi connectivity index (χ1n) is 6.05. The van der Waals surface area contributed by atoms with Gasteiger partial charge in [-0.3, -0.25) is 4.79 Å². The summed E-state index contributed by atoms with van der Waals surface area (Å²) in [5.74, 6) is -0.488. The summed E-state index contributed by atoms with van der Waals surface area (Å²) in [4.78, 5) is 12.4. The first-order valence-corrected chi connectivity index (χ1v) is 6.05. The zero-order chi connectivity index (χ0) is 12.5. The lowest BCUT2D eigenvalue weighted by Crippen LogP contribution is -2.43. The summed E-state index contributed by atoms with van der Waals surface area (Å²) in [7, 11) is 0. The molecule has 0 aromatic heterocycles. The normalized spacial score (nSPS) is 24.6. The molecule has 1 saturated heterocycles. The van der Waals surface area contributed by atoms with Crippen LogP contribution in [0.4, 0.5) is 4.39 Å². The van der Waals surface area contributed by atoms with Crippen molar-refractivity contribution in [2.45, 2.75) is 26.7 Å². The molecular weight excluding hydrogens is 217 g/mol. The van der Waals surface area contributed by atoms with Crippen molar-refractivity contribution in [3.63, 3.8) is 0 Å². The second-order valence-corrected chi connectivity index (χ2v) is 5.15. The van der Waals surface area contributed by atoms with E-state index in [9.17, 15) is 9.18 Å². The number of piperidine rings is 1. The number of hydrogen-bond acceptors (Lipinski definition) is 2. The van der Waals surface area contributed by atoms with Crippen LogP contribution in [0.1, 0.15) is 35.7 Å². The minimum Gasteiger partial charge on any atom is -0.316 e. The standard InChI is InChI=1S/C14H18FNO/c1-10-4-5-12(15)11(8-10)13(17)14(2)6-3-7-16-9-14/h4-5,8,16H,3,6-7,9H2,1-2H3. The highest BCUT2D eigenvalue weighted by molar-refractivity contribution is 6.00. The molecule has 17 heavy (non-hydrogen) atoms. The summed E-state index contributed by atoms with van der Waals surface area (Å²) in [6, 6.07) is 4.72. The third kappa shape index (κ3) is 2.39. The topological polar surface area (TPSA) is 29.1 Å². The third-order valence-electron chi connectivity index (χ3n) is 3.51. The fraction of sp³-hybridized carbons (Fsp3) is 0.500. The van der Waals surface area contributed by atoms with E-state index in [-0.39, 0.29) is 11.3 Å². The van der Waals surface area contributed by atoms with E-state index in [2.05, 4.69) is 5.32 Å². The lowest BCUT2D eigenvalue weighted by Gasteiger charge is -2.32. The summed E-state index contributed by atoms with van der Waals surface area (Å²) < 4.78 is 13.7. The Kier molecular flexibility index (Phi) is 3.29. The molecule has 1 aliphatic rings. The smallest absolute Gasteiger partial charge is 0.172 e. The molecule has 1 aliphatic heterocycles. The Bertz CT molecular complexity index is 436. The number of Topliss-reactive ketones (excluding diaryl/α,β-unsaturated/α-hetero) is 1. The highest BCUT2D eigenvalue weighted by Gasteiger charge is 2.36. The maximum atomic E-state index is 13.7. The van der Waals surface area contributed by atoms with Gasteiger partial charge in [-0.1, -0.05) is 18.6 Å². The van der Waals surface area contributed by atoms with Crippen molar-refractivity contribution in [3.8, 4) is 0 Å². The number of ketones is 1. The minimum atomic E-state index is -0.465. The lowest BCUT2D eigenvalue weighted by atomic mass is 9.76. The van der Waals surface area contributed by atoms with E-state index in [0.717, 1.165) is 24.9 Å². The van der Waals surface area contributed by atoms with Gasteiger partial charge in [0.2, 0.25) is 0 Å². The predicted octanol–water partition coefficient (Wildman–Crippen LogP) is 2.71. The molecule has 1 aromatic rings. The molecule has 1 heterocycles. The van der Waals surface area contributed by atoms with Crippen molar-refractivity contribution in [2.24, 2.45) is 5.41 Å². The average Bonchev–Trinajstić information content (AvgIpc) is 2.32. The molecular formula is C14H18FNO. The summed E-state index contributed by atoms with van der Waals surface area (Å²) in [6.45, 7) is 5.37. The quantitative estimate of drug-likeness (QED) is 0.798. The van der Waals surface area contributed by atoms with E-state index in [4.69, 9.17) is 0 Å². The fourth-order valence-electron chi connectivity index (χ4n) is 2.39. The molecule has 0 spiro atoms. The maximum Gasteiger partial charge on any atom is 0.172 e. The molecule has 1 N–H and O–H groups in total. The first-order chi connectivity index (χ1) is 8.03. The van der Waals surface area contributed by atoms with Gasteiger partial charge in [-0.25, -0.2) is 4.39 Å². The van der Waals surface area contributed by atoms with Crippen LogP contribution in [-0.4, -0.2) is 18.9 Å². The van der Waals surface area contributed by atoms with Crippen LogP contribution in [0, 0.1) is 18.2 Å². The van der Waals surface area contributed by atoms with Crippen LogP contribution in [0.3, 0.4) is 0 Å². The van der Waals surface area contributed by atoms with E-state index in [1.165, 1.54) is 6.07 Å². The Labute approximate surface area is 101 Å². The molecule has 1 aromatic carbocycles. The number of nitrogens with one attached hydrogen (secondary N) is 1. The monoisotopic (exact) mass is 235 g/mol. The number of rotatable bonds is 2. The highest BCUT2D eigenvalue weighted by atomic mass is 19.1. The van der Waals surface area contributed by atoms with Crippen molar-refractivity contribution in [3.05, 3.63) is 35.1 Å². The SMILES string of the molecule is Cc1ccc(F)c(C(=O)C2(C)CCCNC2)c1. The predicted molar refractivity (Wildman–Crippen MR) is 65.7 cm³/mol. The second-order valence-electron chi connectivity index (χ2n) is 5.15. The van der Waals surface area contributed by atoms with Crippen molar-refractivity contribution in [2.75, 3.05) is 13.1 Å². The van der Waals surface area contributed by atoms with Gasteiger partial charge < -0.3 is 5.32 Å². The molecule has 0 aliphatic carbocycles. The number of benzene rings is 1. The molecule has 3 heteroatoms. The van der Waals surface area contributed by atoms with Gasteiger partial charge in [0, 0.05) is 12.0 Å². The zero-order valence-corrected chi connectivity index (χ0v) is 10.3. The molecule has 0 radical (unpaired) electrons. The number of carbonyl (C=O) groups is 1. The molecule has 0 amide bonds. The van der Waals surface area contributed by atoms with Crippen LogP contribution in [0.25, 0.3) is 0 Å². The Morgan fingerprint density at radius 2 is 2.24 bits per heavy atom. The molecule has 2 nitrogen and oxygen atoms in total. The Hall–Kier alpha value is -1.22. The molecule has 1 atom stereocenters. The van der Waals surface area contributed by atoms with Gasteiger partial charge in [0.1, 0.15) is 5.82 Å². The number of aryl methyl sites for hydroxylation is 1. The van der Waals surface area contributed by atoms with Gasteiger partial charge in [-0.2, -0.15) is 0 Å². The fourth-order valence-corrected chi connectivity index (χ4v) is 2.39. The van der Waals surface area contributed by atoms with Crippen LogP contribution in [-0.2, 0) is 0 Å². The van der Waals surface area contributed by atoms with Gasteiger partial charge in [-0.15, -0.1) is 0 Å². The molecule has 0 bridgehead atoms. The van der Waals surface area contributed by atoms with Crippen LogP contribution >= 0.6 is 0 Å². The van der Waals surface area contributed by atoms with E-state index in [1.54, 1.807) is 12.1 Å². The number of hydrogen-bond donors (Lipinski definition) is 1. The molecule has 2 rings (SSSR count). The van der Waals surface area contributed by atoms with Crippen LogP contribution in [0.15, 0.2) is 18.2 Å². The summed E-state index contributed by atoms with van der Waals surface area (Å²) >= 11 is 0. The van der Waals surface area contributed by atoms with Crippen molar-refractivity contribution >= 4 is 5.78 Å². The van der Waals surface area contributed by atoms with Crippen LogP contribution in [0.5, 0.6) is 0 Å². The van der Waals surface area contributed by atoms with E-state index in [0.29, 0.717) is 6.54 Å². The van der Waals surface area contributed by atoms with Gasteiger partial charge in [0.05, 0.1) is 5.56 Å². The van der Waals surface area contributed by atoms with Gasteiger partial charge >= 0.3 is 0 Å². The zero-order valence-electron chi connectivity index (χ0n) is 10.3. The Morgan fingerprint density at radius 1 is 1.47 bits per heavy atom. The van der Waals surface area contributed by atoms with E-state index < -0.39 is 11.2 Å². The molecule has 1 unspecified atom stereocenters. The summed E-state index contributed by atoms with van der Waals surface area (Å²) in [5, 5.41) is 3.22. The molecule has 0 saturated carbocycles. The lowest BCUT2D eigenvalue weighted by molar-refractivity contribution is 0.0768. The number of halogens is 1. The van der Waals surface area contributed by atoms with E-state index in [1.807, 2.05) is 13.8 Å². The van der Waals surface area contributed by atoms with Crippen molar-refractivity contribution in [1.29, 1.82) is 0 Å². The van der Waals surface area contributed by atoms with Gasteiger partial charge in [0.15, 0.2) is 5.78 Å². The maximum absolute atomic E-state index is 13.7. The highest BCUT2D eigenvalue weighted by Crippen LogP contribution is 2.30. The Balaban J connectivity index is 2.32. The minimum absolute atomic E-state index is 0.0779. The number of carbonyl (C=O) groups excluding carboxylic acids is 1. The second kappa shape index (κ2) is 4.57. The largest absolute Gasteiger partial charge is 0.316 e. The first kappa shape index (κ1) is 12.2. The molecule has 92 valence electrons. The third-order valence-corrected chi connectivity index (χ3v) is 3.51. The van der Waals surface area contributed by atoms with Crippen LogP contribution < -0.4 is 5.32 Å². The average molecular weight is 235 g/mol. The van der Waals surface area contributed by atoms with Gasteiger partial charge in [-0.05, 0) is 38.4 Å². The Morgan fingerprint density at radius 3 is 2.88 bits per heavy atom. The van der Waals surface area contributed by atoms with E-state index >= 15 is 0 Å². The summed E-state index contributed by atoms with van der Waals surface area (Å²) in [5.41, 5.74) is 0.686.